The molecule has 2 amide bonds. The van der Waals surface area contributed by atoms with Crippen molar-refractivity contribution in [3.63, 3.8) is 0 Å². The lowest BCUT2D eigenvalue weighted by molar-refractivity contribution is -0.160. The van der Waals surface area contributed by atoms with Gasteiger partial charge in [-0.1, -0.05) is 25.3 Å². The molecule has 0 bridgehead atoms. The molecular formula is C30H41N3O5. The van der Waals surface area contributed by atoms with E-state index in [1.165, 1.54) is 6.42 Å². The van der Waals surface area contributed by atoms with Crippen molar-refractivity contribution in [1.29, 1.82) is 0 Å². The molecule has 2 aromatic carbocycles. The van der Waals surface area contributed by atoms with Gasteiger partial charge in [-0.15, -0.1) is 0 Å². The van der Waals surface area contributed by atoms with Crippen LogP contribution in [0.15, 0.2) is 18.2 Å². The van der Waals surface area contributed by atoms with Crippen LogP contribution in [0.25, 0.3) is 11.1 Å². The molecule has 8 heteroatoms. The number of ether oxygens (including phenoxy) is 2. The molecule has 1 saturated carbocycles. The summed E-state index contributed by atoms with van der Waals surface area (Å²) in [7, 11) is 0. The van der Waals surface area contributed by atoms with E-state index in [1.807, 2.05) is 39.8 Å². The Morgan fingerprint density at radius 2 is 1.82 bits per heavy atom. The Morgan fingerprint density at radius 3 is 2.47 bits per heavy atom. The number of nitrogen functional groups attached to an aromatic ring is 1. The molecule has 0 aromatic heterocycles. The number of carboxylic acid groups (broad SMARTS) is 1. The molecular weight excluding hydrogens is 482 g/mol. The second-order valence-corrected chi connectivity index (χ2v) is 11.5. The number of nitrogens with two attached hydrogens (primary N) is 1. The van der Waals surface area contributed by atoms with Gasteiger partial charge in [0.05, 0.1) is 23.6 Å². The summed E-state index contributed by atoms with van der Waals surface area (Å²) in [5.74, 6) is -0.252. The van der Waals surface area contributed by atoms with Crippen molar-refractivity contribution in [3.8, 4) is 16.9 Å². The predicted molar refractivity (Wildman–Crippen MR) is 150 cm³/mol. The highest BCUT2D eigenvalue weighted by Crippen LogP contribution is 2.45. The number of urea groups is 1. The zero-order valence-electron chi connectivity index (χ0n) is 23.2. The lowest BCUT2D eigenvalue weighted by atomic mass is 9.85. The molecule has 1 aliphatic carbocycles. The Hall–Kier alpha value is -3.26. The summed E-state index contributed by atoms with van der Waals surface area (Å²) in [4.78, 5) is 25.6. The summed E-state index contributed by atoms with van der Waals surface area (Å²) < 4.78 is 11.9. The summed E-state index contributed by atoms with van der Waals surface area (Å²) in [5.41, 5.74) is 11.1. The first kappa shape index (κ1) is 27.8. The molecule has 1 fully saturated rings. The maximum atomic E-state index is 13.0. The van der Waals surface area contributed by atoms with Gasteiger partial charge in [0.2, 0.25) is 0 Å². The van der Waals surface area contributed by atoms with Crippen molar-refractivity contribution >= 4 is 23.4 Å². The molecule has 1 unspecified atom stereocenters. The number of carbonyl (C=O) groups is 2. The zero-order valence-corrected chi connectivity index (χ0v) is 23.2. The normalized spacial score (nSPS) is 16.8. The number of rotatable bonds is 6. The van der Waals surface area contributed by atoms with E-state index in [4.69, 9.17) is 15.2 Å². The first-order valence-electron chi connectivity index (χ1n) is 13.6. The molecule has 0 saturated heterocycles. The average molecular weight is 524 g/mol. The highest BCUT2D eigenvalue weighted by atomic mass is 16.5. The minimum Gasteiger partial charge on any atom is -0.493 e. The van der Waals surface area contributed by atoms with Gasteiger partial charge in [0, 0.05) is 11.6 Å². The Bertz CT molecular complexity index is 1210. The van der Waals surface area contributed by atoms with E-state index in [2.05, 4.69) is 16.7 Å². The SMILES string of the molecule is Cc1c(NC(=O)NC2CCCCC2)c(N)c(C)c(C(OC(C)(C)C)C(=O)O)c1-c1ccc2c(c1)CCCO2. The third-order valence-corrected chi connectivity index (χ3v) is 7.43. The van der Waals surface area contributed by atoms with Gasteiger partial charge >= 0.3 is 12.0 Å². The van der Waals surface area contributed by atoms with Crippen molar-refractivity contribution in [2.24, 2.45) is 0 Å². The number of amides is 2. The fourth-order valence-corrected chi connectivity index (χ4v) is 5.59. The smallest absolute Gasteiger partial charge is 0.337 e. The predicted octanol–water partition coefficient (Wildman–Crippen LogP) is 6.27. The van der Waals surface area contributed by atoms with Crippen LogP contribution in [0, 0.1) is 13.8 Å². The van der Waals surface area contributed by atoms with Crippen LogP contribution in [-0.2, 0) is 16.0 Å². The Morgan fingerprint density at radius 1 is 1.11 bits per heavy atom. The second kappa shape index (κ2) is 11.2. The molecule has 1 aliphatic heterocycles. The van der Waals surface area contributed by atoms with Gasteiger partial charge < -0.3 is 30.9 Å². The summed E-state index contributed by atoms with van der Waals surface area (Å²) in [6.45, 7) is 9.84. The molecule has 5 N–H and O–H groups in total. The van der Waals surface area contributed by atoms with Gasteiger partial charge in [0.25, 0.3) is 0 Å². The van der Waals surface area contributed by atoms with Crippen LogP contribution in [0.3, 0.4) is 0 Å². The van der Waals surface area contributed by atoms with Gasteiger partial charge in [0.15, 0.2) is 6.10 Å². The molecule has 8 nitrogen and oxygen atoms in total. The van der Waals surface area contributed by atoms with E-state index in [0.29, 0.717) is 40.2 Å². The van der Waals surface area contributed by atoms with Gasteiger partial charge in [-0.25, -0.2) is 9.59 Å². The molecule has 1 atom stereocenters. The van der Waals surface area contributed by atoms with Crippen LogP contribution >= 0.6 is 0 Å². The van der Waals surface area contributed by atoms with E-state index >= 15 is 0 Å². The lowest BCUT2D eigenvalue weighted by Crippen LogP contribution is -2.39. The number of anilines is 2. The van der Waals surface area contributed by atoms with E-state index in [9.17, 15) is 14.7 Å². The molecule has 0 spiro atoms. The second-order valence-electron chi connectivity index (χ2n) is 11.5. The number of hydrogen-bond acceptors (Lipinski definition) is 5. The van der Waals surface area contributed by atoms with Crippen molar-refractivity contribution in [3.05, 3.63) is 40.5 Å². The largest absolute Gasteiger partial charge is 0.493 e. The quantitative estimate of drug-likeness (QED) is 0.331. The van der Waals surface area contributed by atoms with Gasteiger partial charge in [-0.3, -0.25) is 0 Å². The number of nitrogens with one attached hydrogen (secondary N) is 2. The Balaban J connectivity index is 1.85. The minimum atomic E-state index is -1.25. The molecule has 4 rings (SSSR count). The highest BCUT2D eigenvalue weighted by Gasteiger charge is 2.34. The Labute approximate surface area is 225 Å². The number of aliphatic carboxylic acids is 1. The van der Waals surface area contributed by atoms with Crippen molar-refractivity contribution in [2.75, 3.05) is 17.7 Å². The average Bonchev–Trinajstić information content (AvgIpc) is 2.87. The van der Waals surface area contributed by atoms with Gasteiger partial charge in [0.1, 0.15) is 5.75 Å². The van der Waals surface area contributed by atoms with Crippen LogP contribution in [-0.4, -0.2) is 35.4 Å². The van der Waals surface area contributed by atoms with Gasteiger partial charge in [-0.2, -0.15) is 0 Å². The molecule has 2 aliphatic rings. The minimum absolute atomic E-state index is 0.141. The number of fused-ring (bicyclic) bond motifs is 1. The summed E-state index contributed by atoms with van der Waals surface area (Å²) >= 11 is 0. The molecule has 2 aromatic rings. The van der Waals surface area contributed by atoms with Gasteiger partial charge in [-0.05, 0) is 100 Å². The number of carboxylic acids is 1. The van der Waals surface area contributed by atoms with E-state index in [-0.39, 0.29) is 12.1 Å². The fraction of sp³-hybridized carbons (Fsp3) is 0.533. The van der Waals surface area contributed by atoms with Crippen LogP contribution in [0.1, 0.15) is 87.7 Å². The first-order chi connectivity index (χ1) is 18.0. The fourth-order valence-electron chi connectivity index (χ4n) is 5.59. The number of aryl methyl sites for hydroxylation is 1. The van der Waals surface area contributed by atoms with Crippen molar-refractivity contribution < 1.29 is 24.2 Å². The lowest BCUT2D eigenvalue weighted by Gasteiger charge is -2.31. The van der Waals surface area contributed by atoms with E-state index in [1.54, 1.807) is 6.92 Å². The third-order valence-electron chi connectivity index (χ3n) is 7.43. The summed E-state index contributed by atoms with van der Waals surface area (Å²) in [5, 5.41) is 16.4. The molecule has 1 heterocycles. The number of benzene rings is 2. The highest BCUT2D eigenvalue weighted by molar-refractivity contribution is 5.99. The van der Waals surface area contributed by atoms with Crippen LogP contribution < -0.4 is 21.1 Å². The maximum Gasteiger partial charge on any atom is 0.337 e. The van der Waals surface area contributed by atoms with E-state index < -0.39 is 17.7 Å². The zero-order chi connectivity index (χ0) is 27.6. The van der Waals surface area contributed by atoms with Crippen LogP contribution in [0.4, 0.5) is 16.2 Å². The van der Waals surface area contributed by atoms with Crippen molar-refractivity contribution in [1.82, 2.24) is 5.32 Å². The third kappa shape index (κ3) is 6.07. The molecule has 0 radical (unpaired) electrons. The first-order valence-corrected chi connectivity index (χ1v) is 13.6. The summed E-state index contributed by atoms with van der Waals surface area (Å²) in [6.07, 6.45) is 5.89. The standard InChI is InChI=1S/C30H41N3O5/c1-17-24(27(28(34)35)38-30(3,4)5)23(20-13-14-22-19(16-20)10-9-15-37-22)18(2)26(25(17)31)33-29(36)32-21-11-7-6-8-12-21/h13-14,16,21,27H,6-12,15,31H2,1-5H3,(H,34,35)(H2,32,33,36). The van der Waals surface area contributed by atoms with Crippen LogP contribution in [0.2, 0.25) is 0 Å². The van der Waals surface area contributed by atoms with Crippen LogP contribution in [0.5, 0.6) is 5.75 Å². The molecule has 38 heavy (non-hydrogen) atoms. The monoisotopic (exact) mass is 523 g/mol. The number of hydrogen-bond donors (Lipinski definition) is 4. The maximum absolute atomic E-state index is 13.0. The Kier molecular flexibility index (Phi) is 8.21. The summed E-state index contributed by atoms with van der Waals surface area (Å²) in [6, 6.07) is 5.76. The number of carbonyl (C=O) groups excluding carboxylic acids is 1. The van der Waals surface area contributed by atoms with Crippen molar-refractivity contribution in [2.45, 2.75) is 97.3 Å². The van der Waals surface area contributed by atoms with E-state index in [0.717, 1.165) is 55.4 Å². The molecule has 206 valence electrons. The topological polar surface area (TPSA) is 123 Å².